The van der Waals surface area contributed by atoms with Crippen LogP contribution in [0, 0.1) is 10.1 Å². The Balaban J connectivity index is 1.92. The van der Waals surface area contributed by atoms with Crippen molar-refractivity contribution in [3.05, 3.63) is 34.4 Å². The van der Waals surface area contributed by atoms with Crippen LogP contribution < -0.4 is 10.6 Å². The lowest BCUT2D eigenvalue weighted by atomic mass is 10.3. The Hall–Kier alpha value is -2.61. The highest BCUT2D eigenvalue weighted by atomic mass is 32.2. The molecule has 0 bridgehead atoms. The number of carbonyl (C=O) groups is 2. The van der Waals surface area contributed by atoms with E-state index in [1.807, 2.05) is 19.0 Å². The monoisotopic (exact) mass is 443 g/mol. The smallest absolute Gasteiger partial charge is 0.309 e. The maximum absolute atomic E-state index is 12.8. The average Bonchev–Trinajstić information content (AvgIpc) is 3.18. The van der Waals surface area contributed by atoms with Crippen LogP contribution in [0.3, 0.4) is 0 Å². The lowest BCUT2D eigenvalue weighted by Crippen LogP contribution is -2.47. The predicted octanol–water partition coefficient (Wildman–Crippen LogP) is -0.874. The van der Waals surface area contributed by atoms with Gasteiger partial charge in [-0.1, -0.05) is 0 Å². The third kappa shape index (κ3) is 6.19. The van der Waals surface area contributed by atoms with Gasteiger partial charge >= 0.3 is 11.8 Å². The fourth-order valence-electron chi connectivity index (χ4n) is 2.75. The van der Waals surface area contributed by atoms with Crippen LogP contribution >= 0.6 is 0 Å². The quantitative estimate of drug-likeness (QED) is 0.216. The van der Waals surface area contributed by atoms with Gasteiger partial charge in [-0.2, -0.15) is 4.31 Å². The van der Waals surface area contributed by atoms with Crippen molar-refractivity contribution >= 4 is 27.5 Å². The van der Waals surface area contributed by atoms with Gasteiger partial charge in [-0.05, 0) is 39.2 Å². The second-order valence-corrected chi connectivity index (χ2v) is 8.71. The van der Waals surface area contributed by atoms with Crippen LogP contribution in [0.2, 0.25) is 0 Å². The maximum Gasteiger partial charge on any atom is 0.309 e. The summed E-state index contributed by atoms with van der Waals surface area (Å²) >= 11 is 0. The molecule has 1 fully saturated rings. The zero-order valence-electron chi connectivity index (χ0n) is 16.7. The molecule has 0 aromatic heterocycles. The molecule has 1 aromatic rings. The molecule has 1 aromatic carbocycles. The molecular formula is C17H25N5O7S. The Kier molecular flexibility index (Phi) is 8.23. The number of benzene rings is 1. The van der Waals surface area contributed by atoms with Gasteiger partial charge in [0.2, 0.25) is 10.0 Å². The number of carbonyl (C=O) groups excluding carboxylic acids is 2. The highest BCUT2D eigenvalue weighted by molar-refractivity contribution is 7.89. The van der Waals surface area contributed by atoms with Crippen LogP contribution in [0.1, 0.15) is 6.42 Å². The number of non-ortho nitro benzene ring substituents is 1. The summed E-state index contributed by atoms with van der Waals surface area (Å²) in [5, 5.41) is 15.6. The first kappa shape index (κ1) is 23.7. The van der Waals surface area contributed by atoms with Gasteiger partial charge in [-0.3, -0.25) is 19.7 Å². The van der Waals surface area contributed by atoms with Gasteiger partial charge in [-0.15, -0.1) is 0 Å². The number of sulfonamides is 1. The SMILES string of the molecule is CN(C)CCCNC(=O)C(=O)NCC1OCCN1S(=O)(=O)c1ccc([N+](=O)[O-])cc1. The molecule has 30 heavy (non-hydrogen) atoms. The summed E-state index contributed by atoms with van der Waals surface area (Å²) in [5.74, 6) is -1.69. The number of hydrogen-bond acceptors (Lipinski definition) is 8. The van der Waals surface area contributed by atoms with Crippen LogP contribution in [0.4, 0.5) is 5.69 Å². The molecule has 2 amide bonds. The average molecular weight is 443 g/mol. The van der Waals surface area contributed by atoms with E-state index in [1.54, 1.807) is 0 Å². The van der Waals surface area contributed by atoms with Crippen molar-refractivity contribution < 1.29 is 27.7 Å². The number of hydrogen-bond donors (Lipinski definition) is 2. The topological polar surface area (TPSA) is 151 Å². The molecule has 0 radical (unpaired) electrons. The number of rotatable bonds is 9. The third-order valence-electron chi connectivity index (χ3n) is 4.31. The Morgan fingerprint density at radius 2 is 1.87 bits per heavy atom. The molecule has 1 aliphatic rings. The largest absolute Gasteiger partial charge is 0.359 e. The summed E-state index contributed by atoms with van der Waals surface area (Å²) < 4.78 is 32.1. The number of nitro groups is 1. The Labute approximate surface area is 174 Å². The molecule has 1 aliphatic heterocycles. The van der Waals surface area contributed by atoms with Gasteiger partial charge in [0, 0.05) is 25.2 Å². The molecular weight excluding hydrogens is 418 g/mol. The summed E-state index contributed by atoms with van der Waals surface area (Å²) in [6.07, 6.45) is -0.311. The molecule has 1 unspecified atom stereocenters. The second-order valence-electron chi connectivity index (χ2n) is 6.81. The highest BCUT2D eigenvalue weighted by Crippen LogP contribution is 2.23. The number of nitrogens with one attached hydrogen (secondary N) is 2. The summed E-state index contributed by atoms with van der Waals surface area (Å²) in [4.78, 5) is 35.7. The van der Waals surface area contributed by atoms with Gasteiger partial charge < -0.3 is 20.3 Å². The van der Waals surface area contributed by atoms with E-state index < -0.39 is 33.0 Å². The van der Waals surface area contributed by atoms with Crippen molar-refractivity contribution in [1.29, 1.82) is 0 Å². The highest BCUT2D eigenvalue weighted by Gasteiger charge is 2.36. The van der Waals surface area contributed by atoms with Gasteiger partial charge in [0.05, 0.1) is 23.0 Å². The Morgan fingerprint density at radius 3 is 2.47 bits per heavy atom. The lowest BCUT2D eigenvalue weighted by molar-refractivity contribution is -0.384. The van der Waals surface area contributed by atoms with E-state index in [1.165, 1.54) is 0 Å². The van der Waals surface area contributed by atoms with E-state index in [4.69, 9.17) is 4.74 Å². The molecule has 2 rings (SSSR count). The number of amides is 2. The zero-order valence-corrected chi connectivity index (χ0v) is 17.6. The van der Waals surface area contributed by atoms with Crippen LogP contribution in [-0.4, -0.2) is 87.5 Å². The fraction of sp³-hybridized carbons (Fsp3) is 0.529. The molecule has 13 heteroatoms. The minimum Gasteiger partial charge on any atom is -0.359 e. The molecule has 1 saturated heterocycles. The summed E-state index contributed by atoms with van der Waals surface area (Å²) in [5.41, 5.74) is -0.230. The van der Waals surface area contributed by atoms with E-state index in [2.05, 4.69) is 10.6 Å². The normalized spacial score (nSPS) is 17.1. The summed E-state index contributed by atoms with van der Waals surface area (Å²) in [6.45, 7) is 1.05. The number of nitro benzene ring substituents is 1. The van der Waals surface area contributed by atoms with E-state index in [0.29, 0.717) is 13.0 Å². The summed E-state index contributed by atoms with van der Waals surface area (Å²) in [6, 6.07) is 4.48. The van der Waals surface area contributed by atoms with Crippen LogP contribution in [-0.2, 0) is 24.3 Å². The molecule has 12 nitrogen and oxygen atoms in total. The van der Waals surface area contributed by atoms with Crippen molar-refractivity contribution in [2.24, 2.45) is 0 Å². The Morgan fingerprint density at radius 1 is 1.23 bits per heavy atom. The van der Waals surface area contributed by atoms with Crippen LogP contribution in [0.5, 0.6) is 0 Å². The minimum absolute atomic E-state index is 0.0522. The first-order valence-corrected chi connectivity index (χ1v) is 10.7. The molecule has 2 N–H and O–H groups in total. The predicted molar refractivity (Wildman–Crippen MR) is 106 cm³/mol. The van der Waals surface area contributed by atoms with Gasteiger partial charge in [0.25, 0.3) is 5.69 Å². The molecule has 166 valence electrons. The zero-order chi connectivity index (χ0) is 22.3. The van der Waals surface area contributed by atoms with Crippen molar-refractivity contribution in [2.45, 2.75) is 17.5 Å². The number of ether oxygens (including phenoxy) is 1. The minimum atomic E-state index is -3.99. The third-order valence-corrected chi connectivity index (χ3v) is 6.21. The van der Waals surface area contributed by atoms with Gasteiger partial charge in [-0.25, -0.2) is 8.42 Å². The maximum atomic E-state index is 12.8. The molecule has 0 spiro atoms. The van der Waals surface area contributed by atoms with Crippen LogP contribution in [0.15, 0.2) is 29.2 Å². The number of nitrogens with zero attached hydrogens (tertiary/aromatic N) is 3. The fourth-order valence-corrected chi connectivity index (χ4v) is 4.27. The van der Waals surface area contributed by atoms with Crippen molar-refractivity contribution in [3.63, 3.8) is 0 Å². The first-order valence-electron chi connectivity index (χ1n) is 9.21. The molecule has 1 atom stereocenters. The van der Waals surface area contributed by atoms with E-state index in [0.717, 1.165) is 35.1 Å². The van der Waals surface area contributed by atoms with E-state index in [-0.39, 0.29) is 30.3 Å². The molecule has 0 aliphatic carbocycles. The van der Waals surface area contributed by atoms with Gasteiger partial charge in [0.1, 0.15) is 6.23 Å². The van der Waals surface area contributed by atoms with E-state index in [9.17, 15) is 28.1 Å². The van der Waals surface area contributed by atoms with Crippen molar-refractivity contribution in [1.82, 2.24) is 19.8 Å². The van der Waals surface area contributed by atoms with E-state index >= 15 is 0 Å². The Bertz CT molecular complexity index is 873. The van der Waals surface area contributed by atoms with Crippen LogP contribution in [0.25, 0.3) is 0 Å². The van der Waals surface area contributed by atoms with Crippen molar-refractivity contribution in [3.8, 4) is 0 Å². The molecule has 1 heterocycles. The molecule has 0 saturated carbocycles. The standard InChI is InChI=1S/C17H25N5O7S/c1-20(2)9-3-8-18-16(23)17(24)19-12-15-21(10-11-29-15)30(27,28)14-6-4-13(5-7-14)22(25)26/h4-7,15H,3,8-12H2,1-2H3,(H,18,23)(H,19,24). The summed E-state index contributed by atoms with van der Waals surface area (Å²) in [7, 11) is -0.204. The second kappa shape index (κ2) is 10.4. The first-order chi connectivity index (χ1) is 14.1. The van der Waals surface area contributed by atoms with Gasteiger partial charge in [0.15, 0.2) is 0 Å². The van der Waals surface area contributed by atoms with Crippen molar-refractivity contribution in [2.75, 3.05) is 46.9 Å². The lowest BCUT2D eigenvalue weighted by Gasteiger charge is -2.22.